The van der Waals surface area contributed by atoms with Crippen LogP contribution in [-0.4, -0.2) is 31.2 Å². The topological polar surface area (TPSA) is 88.2 Å². The Labute approximate surface area is 206 Å². The van der Waals surface area contributed by atoms with Crippen LogP contribution >= 0.6 is 11.6 Å². The van der Waals surface area contributed by atoms with E-state index in [1.54, 1.807) is 18.2 Å². The normalized spacial score (nSPS) is 13.8. The number of fused-ring (bicyclic) bond motifs is 1. The SMILES string of the molecule is CCCCC(CC)CC(Cc1cc(-n2nc3cccc(Cl)c3n2)c(O)c(C(C)(C)C)c1)C(=O)O. The van der Waals surface area contributed by atoms with Crippen molar-refractivity contribution >= 4 is 28.6 Å². The van der Waals surface area contributed by atoms with E-state index in [1.165, 1.54) is 4.80 Å². The summed E-state index contributed by atoms with van der Waals surface area (Å²) in [5, 5.41) is 30.7. The molecule has 0 saturated carbocycles. The van der Waals surface area contributed by atoms with Crippen LogP contribution in [0.1, 0.15) is 77.8 Å². The van der Waals surface area contributed by atoms with E-state index in [-0.39, 0.29) is 11.2 Å². The van der Waals surface area contributed by atoms with Crippen molar-refractivity contribution < 1.29 is 15.0 Å². The van der Waals surface area contributed by atoms with E-state index in [1.807, 2.05) is 32.9 Å². The molecular formula is C27H36ClN3O3. The van der Waals surface area contributed by atoms with Gasteiger partial charge in [-0.3, -0.25) is 4.79 Å². The minimum absolute atomic E-state index is 0.0916. The van der Waals surface area contributed by atoms with Gasteiger partial charge in [-0.15, -0.1) is 15.0 Å². The molecule has 184 valence electrons. The number of nitrogens with zero attached hydrogens (tertiary/aromatic N) is 3. The summed E-state index contributed by atoms with van der Waals surface area (Å²) in [5.41, 5.74) is 2.83. The minimum atomic E-state index is -0.781. The Hall–Kier alpha value is -2.60. The number of carboxylic acids is 1. The lowest BCUT2D eigenvalue weighted by atomic mass is 9.82. The Morgan fingerprint density at radius 2 is 1.91 bits per heavy atom. The Balaban J connectivity index is 2.04. The lowest BCUT2D eigenvalue weighted by Gasteiger charge is -2.24. The van der Waals surface area contributed by atoms with E-state index in [4.69, 9.17) is 11.6 Å². The molecule has 0 spiro atoms. The van der Waals surface area contributed by atoms with Gasteiger partial charge in [0.25, 0.3) is 0 Å². The number of halogens is 1. The number of carboxylic acid groups (broad SMARTS) is 1. The van der Waals surface area contributed by atoms with Crippen molar-refractivity contribution in [3.8, 4) is 11.4 Å². The molecule has 1 aromatic heterocycles. The molecule has 1 heterocycles. The summed E-state index contributed by atoms with van der Waals surface area (Å²) < 4.78 is 0. The highest BCUT2D eigenvalue weighted by Crippen LogP contribution is 2.37. The van der Waals surface area contributed by atoms with Crippen LogP contribution in [0.5, 0.6) is 5.75 Å². The number of carbonyl (C=O) groups is 1. The molecule has 0 aliphatic rings. The zero-order valence-electron chi connectivity index (χ0n) is 20.8. The standard InChI is InChI=1S/C27H36ClN3O3/c1-6-8-10-17(7-2)13-19(26(33)34)14-18-15-20(27(3,4)5)25(32)23(16-18)31-29-22-12-9-11-21(28)24(22)30-31/h9,11-12,15-17,19,32H,6-8,10,13-14H2,1-5H3,(H,33,34). The predicted molar refractivity (Wildman–Crippen MR) is 137 cm³/mol. The maximum absolute atomic E-state index is 12.2. The van der Waals surface area contributed by atoms with Crippen molar-refractivity contribution in [3.05, 3.63) is 46.5 Å². The van der Waals surface area contributed by atoms with Crippen molar-refractivity contribution in [2.75, 3.05) is 0 Å². The third-order valence-electron chi connectivity index (χ3n) is 6.53. The number of aromatic hydroxyl groups is 1. The zero-order chi connectivity index (χ0) is 25.0. The van der Waals surface area contributed by atoms with Crippen LogP contribution < -0.4 is 0 Å². The summed E-state index contributed by atoms with van der Waals surface area (Å²) in [4.78, 5) is 13.6. The summed E-state index contributed by atoms with van der Waals surface area (Å²) in [5.74, 6) is -0.795. The summed E-state index contributed by atoms with van der Waals surface area (Å²) in [6.07, 6.45) is 5.28. The maximum Gasteiger partial charge on any atom is 0.306 e. The number of phenolic OH excluding ortho intramolecular Hbond substituents is 1. The van der Waals surface area contributed by atoms with Gasteiger partial charge < -0.3 is 10.2 Å². The van der Waals surface area contributed by atoms with Gasteiger partial charge in [-0.25, -0.2) is 0 Å². The van der Waals surface area contributed by atoms with Gasteiger partial charge in [0.15, 0.2) is 0 Å². The van der Waals surface area contributed by atoms with Gasteiger partial charge in [0.05, 0.1) is 10.9 Å². The van der Waals surface area contributed by atoms with Gasteiger partial charge in [-0.05, 0) is 47.9 Å². The van der Waals surface area contributed by atoms with E-state index in [2.05, 4.69) is 24.0 Å². The minimum Gasteiger partial charge on any atom is -0.505 e. The van der Waals surface area contributed by atoms with E-state index < -0.39 is 11.9 Å². The maximum atomic E-state index is 12.2. The van der Waals surface area contributed by atoms with Gasteiger partial charge in [-0.1, -0.05) is 84.0 Å². The van der Waals surface area contributed by atoms with Gasteiger partial charge in [0.1, 0.15) is 22.5 Å². The molecule has 2 N–H and O–H groups in total. The molecule has 0 aliphatic heterocycles. The average molecular weight is 486 g/mol. The van der Waals surface area contributed by atoms with Crippen molar-refractivity contribution in [1.82, 2.24) is 15.0 Å². The van der Waals surface area contributed by atoms with Crippen LogP contribution in [0.25, 0.3) is 16.7 Å². The molecule has 0 saturated heterocycles. The lowest BCUT2D eigenvalue weighted by Crippen LogP contribution is -2.21. The summed E-state index contributed by atoms with van der Waals surface area (Å²) >= 11 is 6.29. The molecular weight excluding hydrogens is 450 g/mol. The summed E-state index contributed by atoms with van der Waals surface area (Å²) in [6, 6.07) is 9.11. The van der Waals surface area contributed by atoms with Crippen LogP contribution in [0.3, 0.4) is 0 Å². The number of hydrogen-bond donors (Lipinski definition) is 2. The number of phenols is 1. The van der Waals surface area contributed by atoms with Crippen molar-refractivity contribution in [2.45, 2.75) is 78.6 Å². The highest BCUT2D eigenvalue weighted by molar-refractivity contribution is 6.34. The Kier molecular flexibility index (Phi) is 8.24. The van der Waals surface area contributed by atoms with Crippen molar-refractivity contribution in [1.29, 1.82) is 0 Å². The van der Waals surface area contributed by atoms with Crippen molar-refractivity contribution in [3.63, 3.8) is 0 Å². The summed E-state index contributed by atoms with van der Waals surface area (Å²) in [6.45, 7) is 10.4. The monoisotopic (exact) mass is 485 g/mol. The first-order valence-corrected chi connectivity index (χ1v) is 12.5. The fraction of sp³-hybridized carbons (Fsp3) is 0.519. The number of benzene rings is 2. The van der Waals surface area contributed by atoms with Crippen LogP contribution in [-0.2, 0) is 16.6 Å². The predicted octanol–water partition coefficient (Wildman–Crippen LogP) is 6.93. The Morgan fingerprint density at radius 3 is 2.50 bits per heavy atom. The first kappa shape index (κ1) is 26.0. The van der Waals surface area contributed by atoms with Gasteiger partial charge in [0.2, 0.25) is 0 Å². The molecule has 2 atom stereocenters. The van der Waals surface area contributed by atoms with E-state index >= 15 is 0 Å². The van der Waals surface area contributed by atoms with E-state index in [0.717, 1.165) is 36.8 Å². The molecule has 0 aliphatic carbocycles. The molecule has 2 aromatic carbocycles. The van der Waals surface area contributed by atoms with Crippen LogP contribution in [0.4, 0.5) is 0 Å². The number of rotatable bonds is 10. The third kappa shape index (κ3) is 5.90. The molecule has 34 heavy (non-hydrogen) atoms. The molecule has 0 amide bonds. The second-order valence-electron chi connectivity index (χ2n) is 10.2. The first-order chi connectivity index (χ1) is 16.0. The molecule has 6 nitrogen and oxygen atoms in total. The fourth-order valence-electron chi connectivity index (χ4n) is 4.47. The molecule has 0 radical (unpaired) electrons. The highest BCUT2D eigenvalue weighted by atomic mass is 35.5. The summed E-state index contributed by atoms with van der Waals surface area (Å²) in [7, 11) is 0. The van der Waals surface area contributed by atoms with Crippen LogP contribution in [0.15, 0.2) is 30.3 Å². The third-order valence-corrected chi connectivity index (χ3v) is 6.83. The number of hydrogen-bond acceptors (Lipinski definition) is 4. The molecule has 7 heteroatoms. The van der Waals surface area contributed by atoms with Gasteiger partial charge in [-0.2, -0.15) is 0 Å². The Bertz CT molecular complexity index is 1150. The zero-order valence-corrected chi connectivity index (χ0v) is 21.6. The van der Waals surface area contributed by atoms with Gasteiger partial charge in [0, 0.05) is 5.56 Å². The van der Waals surface area contributed by atoms with E-state index in [9.17, 15) is 15.0 Å². The molecule has 2 unspecified atom stereocenters. The van der Waals surface area contributed by atoms with Crippen LogP contribution in [0, 0.1) is 11.8 Å². The second-order valence-corrected chi connectivity index (χ2v) is 10.7. The van der Waals surface area contributed by atoms with Crippen LogP contribution in [0.2, 0.25) is 5.02 Å². The number of unbranched alkanes of at least 4 members (excludes halogenated alkanes) is 1. The van der Waals surface area contributed by atoms with E-state index in [0.29, 0.717) is 40.5 Å². The largest absolute Gasteiger partial charge is 0.505 e. The number of aromatic nitrogens is 3. The first-order valence-electron chi connectivity index (χ1n) is 12.2. The van der Waals surface area contributed by atoms with Crippen molar-refractivity contribution in [2.24, 2.45) is 11.8 Å². The highest BCUT2D eigenvalue weighted by Gasteiger charge is 2.27. The molecule has 3 aromatic rings. The smallest absolute Gasteiger partial charge is 0.306 e. The number of aliphatic carboxylic acids is 1. The lowest BCUT2D eigenvalue weighted by molar-refractivity contribution is -0.142. The fourth-order valence-corrected chi connectivity index (χ4v) is 4.68. The van der Waals surface area contributed by atoms with Gasteiger partial charge >= 0.3 is 5.97 Å². The quantitative estimate of drug-likeness (QED) is 0.325. The average Bonchev–Trinajstić information content (AvgIpc) is 3.21. The Morgan fingerprint density at radius 1 is 1.18 bits per heavy atom. The second kappa shape index (κ2) is 10.8. The molecule has 3 rings (SSSR count). The molecule has 0 fully saturated rings. The molecule has 0 bridgehead atoms.